The molecule has 0 unspecified atom stereocenters. The number of anilines is 1. The number of rotatable bonds is 4. The topological polar surface area (TPSA) is 64.6 Å². The Hall–Kier alpha value is -2.12. The summed E-state index contributed by atoms with van der Waals surface area (Å²) in [4.78, 5) is 0.130. The highest BCUT2D eigenvalue weighted by molar-refractivity contribution is 7.92. The van der Waals surface area contributed by atoms with E-state index in [1.54, 1.807) is 42.5 Å². The number of benzene rings is 3. The maximum atomic E-state index is 12.8. The molecule has 0 atom stereocenters. The van der Waals surface area contributed by atoms with Gasteiger partial charge in [-0.25, -0.2) is 8.42 Å². The lowest BCUT2D eigenvalue weighted by molar-refractivity contribution is 0.174. The fourth-order valence-corrected chi connectivity index (χ4v) is 4.47. The van der Waals surface area contributed by atoms with Crippen molar-refractivity contribution in [3.8, 4) is 22.6 Å². The Balaban J connectivity index is 1.86. The van der Waals surface area contributed by atoms with Gasteiger partial charge in [0.2, 0.25) is 6.79 Å². The van der Waals surface area contributed by atoms with Crippen LogP contribution < -0.4 is 14.2 Å². The molecule has 0 aromatic heterocycles. The van der Waals surface area contributed by atoms with Crippen molar-refractivity contribution in [1.82, 2.24) is 0 Å². The minimum absolute atomic E-state index is 0.0474. The van der Waals surface area contributed by atoms with Crippen LogP contribution in [0.3, 0.4) is 0 Å². The Morgan fingerprint density at radius 1 is 0.857 bits per heavy atom. The van der Waals surface area contributed by atoms with E-state index in [2.05, 4.69) is 4.72 Å². The van der Waals surface area contributed by atoms with E-state index in [9.17, 15) is 8.42 Å². The Bertz CT molecular complexity index is 1140. The second-order valence-corrected chi connectivity index (χ2v) is 8.80. The summed E-state index contributed by atoms with van der Waals surface area (Å²) in [5, 5.41) is 0.719. The lowest BCUT2D eigenvalue weighted by atomic mass is 10.0. The van der Waals surface area contributed by atoms with Crippen LogP contribution in [-0.2, 0) is 10.0 Å². The number of hydrogen-bond donors (Lipinski definition) is 1. The summed E-state index contributed by atoms with van der Waals surface area (Å²) in [6.07, 6.45) is 0. The SMILES string of the molecule is O=S(=O)(Nc1cc2c(cc1-c1cc(Cl)c(Cl)c(Cl)c1)OCO2)c1ccccc1. The second kappa shape index (κ2) is 7.37. The maximum absolute atomic E-state index is 12.8. The molecule has 4 rings (SSSR count). The molecule has 28 heavy (non-hydrogen) atoms. The molecular weight excluding hydrogens is 445 g/mol. The van der Waals surface area contributed by atoms with Crippen LogP contribution in [0.25, 0.3) is 11.1 Å². The van der Waals surface area contributed by atoms with Gasteiger partial charge in [0.25, 0.3) is 10.0 Å². The first-order valence-electron chi connectivity index (χ1n) is 8.01. The van der Waals surface area contributed by atoms with Crippen molar-refractivity contribution >= 4 is 50.5 Å². The number of hydrogen-bond acceptors (Lipinski definition) is 4. The van der Waals surface area contributed by atoms with E-state index in [0.29, 0.717) is 28.3 Å². The van der Waals surface area contributed by atoms with E-state index >= 15 is 0 Å². The van der Waals surface area contributed by atoms with Gasteiger partial charge in [0, 0.05) is 11.6 Å². The van der Waals surface area contributed by atoms with Crippen LogP contribution >= 0.6 is 34.8 Å². The van der Waals surface area contributed by atoms with Crippen molar-refractivity contribution in [2.75, 3.05) is 11.5 Å². The van der Waals surface area contributed by atoms with Gasteiger partial charge in [0.1, 0.15) is 0 Å². The standard InChI is InChI=1S/C19H12Cl3NO4S/c20-14-6-11(7-15(21)19(14)22)13-8-17-18(27-10-26-17)9-16(13)23-28(24,25)12-4-2-1-3-5-12/h1-9,23H,10H2. The Morgan fingerprint density at radius 3 is 2.11 bits per heavy atom. The summed E-state index contributed by atoms with van der Waals surface area (Å²) in [6.45, 7) is 0.0474. The zero-order valence-corrected chi connectivity index (χ0v) is 17.2. The van der Waals surface area contributed by atoms with Crippen molar-refractivity contribution < 1.29 is 17.9 Å². The summed E-state index contributed by atoms with van der Waals surface area (Å²) < 4.78 is 39.0. The molecule has 3 aromatic rings. The first-order chi connectivity index (χ1) is 13.3. The predicted molar refractivity (Wildman–Crippen MR) is 110 cm³/mol. The van der Waals surface area contributed by atoms with Gasteiger partial charge in [-0.1, -0.05) is 53.0 Å². The lowest BCUT2D eigenvalue weighted by Crippen LogP contribution is -2.13. The van der Waals surface area contributed by atoms with Crippen molar-refractivity contribution in [2.45, 2.75) is 4.90 Å². The van der Waals surface area contributed by atoms with Crippen molar-refractivity contribution in [3.63, 3.8) is 0 Å². The molecule has 0 amide bonds. The van der Waals surface area contributed by atoms with Crippen molar-refractivity contribution in [1.29, 1.82) is 0 Å². The zero-order chi connectivity index (χ0) is 19.9. The van der Waals surface area contributed by atoms with E-state index in [1.165, 1.54) is 12.1 Å². The molecule has 0 fully saturated rings. The molecule has 3 aromatic carbocycles. The van der Waals surface area contributed by atoms with Crippen LogP contribution in [0.1, 0.15) is 0 Å². The molecule has 0 radical (unpaired) electrons. The first-order valence-corrected chi connectivity index (χ1v) is 10.6. The summed E-state index contributed by atoms with van der Waals surface area (Å²) in [5.41, 5.74) is 1.38. The summed E-state index contributed by atoms with van der Waals surface area (Å²) in [6, 6.07) is 14.5. The molecule has 1 N–H and O–H groups in total. The first kappa shape index (κ1) is 19.2. The Kier molecular flexibility index (Phi) is 5.05. The predicted octanol–water partition coefficient (Wildman–Crippen LogP) is 5.84. The molecule has 0 saturated carbocycles. The third-order valence-electron chi connectivity index (χ3n) is 4.11. The second-order valence-electron chi connectivity index (χ2n) is 5.92. The van der Waals surface area contributed by atoms with Gasteiger partial charge in [-0.2, -0.15) is 0 Å². The Labute approximate surface area is 176 Å². The van der Waals surface area contributed by atoms with Crippen LogP contribution in [-0.4, -0.2) is 15.2 Å². The molecule has 9 heteroatoms. The smallest absolute Gasteiger partial charge is 0.261 e. The minimum Gasteiger partial charge on any atom is -0.454 e. The summed E-state index contributed by atoms with van der Waals surface area (Å²) >= 11 is 18.4. The summed E-state index contributed by atoms with van der Waals surface area (Å²) in [7, 11) is -3.83. The van der Waals surface area contributed by atoms with Gasteiger partial charge < -0.3 is 9.47 Å². The number of sulfonamides is 1. The molecule has 1 heterocycles. The number of fused-ring (bicyclic) bond motifs is 1. The van der Waals surface area contributed by atoms with Crippen molar-refractivity contribution in [2.24, 2.45) is 0 Å². The van der Waals surface area contributed by atoms with Gasteiger partial charge in [0.05, 0.1) is 25.7 Å². The number of halogens is 3. The fraction of sp³-hybridized carbons (Fsp3) is 0.0526. The molecular formula is C19H12Cl3NO4S. The molecule has 0 spiro atoms. The van der Waals surface area contributed by atoms with Gasteiger partial charge >= 0.3 is 0 Å². The third-order valence-corrected chi connectivity index (χ3v) is 6.68. The van der Waals surface area contributed by atoms with E-state index in [-0.39, 0.29) is 26.8 Å². The summed E-state index contributed by atoms with van der Waals surface area (Å²) in [5.74, 6) is 0.917. The Morgan fingerprint density at radius 2 is 1.46 bits per heavy atom. The van der Waals surface area contributed by atoms with E-state index in [4.69, 9.17) is 44.3 Å². The van der Waals surface area contributed by atoms with Crippen LogP contribution in [0.5, 0.6) is 11.5 Å². The molecule has 0 saturated heterocycles. The normalized spacial score (nSPS) is 12.8. The van der Waals surface area contributed by atoms with E-state index < -0.39 is 10.0 Å². The molecule has 0 aliphatic carbocycles. The van der Waals surface area contributed by atoms with Crippen LogP contribution in [0.4, 0.5) is 5.69 Å². The highest BCUT2D eigenvalue weighted by atomic mass is 35.5. The molecule has 1 aliphatic heterocycles. The maximum Gasteiger partial charge on any atom is 0.261 e. The van der Waals surface area contributed by atoms with E-state index in [0.717, 1.165) is 0 Å². The van der Waals surface area contributed by atoms with Crippen molar-refractivity contribution in [3.05, 3.63) is 69.7 Å². The average Bonchev–Trinajstić information content (AvgIpc) is 3.13. The molecule has 5 nitrogen and oxygen atoms in total. The zero-order valence-electron chi connectivity index (χ0n) is 14.1. The average molecular weight is 457 g/mol. The number of ether oxygens (including phenoxy) is 2. The monoisotopic (exact) mass is 455 g/mol. The van der Waals surface area contributed by atoms with Gasteiger partial charge in [0.15, 0.2) is 11.5 Å². The minimum atomic E-state index is -3.83. The quantitative estimate of drug-likeness (QED) is 0.501. The fourth-order valence-electron chi connectivity index (χ4n) is 2.78. The van der Waals surface area contributed by atoms with Crippen LogP contribution in [0.2, 0.25) is 15.1 Å². The highest BCUT2D eigenvalue weighted by Gasteiger charge is 2.23. The van der Waals surface area contributed by atoms with E-state index in [1.807, 2.05) is 0 Å². The molecule has 0 bridgehead atoms. The van der Waals surface area contributed by atoms with Crippen LogP contribution in [0.15, 0.2) is 59.5 Å². The third kappa shape index (κ3) is 3.61. The molecule has 144 valence electrons. The number of nitrogens with one attached hydrogen (secondary N) is 1. The lowest BCUT2D eigenvalue weighted by Gasteiger charge is -2.15. The highest BCUT2D eigenvalue weighted by Crippen LogP contribution is 2.44. The van der Waals surface area contributed by atoms with Gasteiger partial charge in [-0.15, -0.1) is 0 Å². The van der Waals surface area contributed by atoms with Gasteiger partial charge in [-0.3, -0.25) is 4.72 Å². The van der Waals surface area contributed by atoms with Gasteiger partial charge in [-0.05, 0) is 35.9 Å². The van der Waals surface area contributed by atoms with Crippen LogP contribution in [0, 0.1) is 0 Å². The molecule has 1 aliphatic rings. The largest absolute Gasteiger partial charge is 0.454 e.